The number of carbonyl (C=O) groups excluding carboxylic acids is 1. The Balaban J connectivity index is 0.00000169. The first-order chi connectivity index (χ1) is 6.33. The second-order valence-electron chi connectivity index (χ2n) is 2.25. The number of rotatable bonds is 2. The zero-order valence-electron chi connectivity index (χ0n) is 7.80. The molecule has 0 bridgehead atoms. The molecule has 66 valence electrons. The molecule has 0 spiro atoms. The fourth-order valence-electron chi connectivity index (χ4n) is 0.792. The Morgan fingerprint density at radius 2 is 2.07 bits per heavy atom. The molecule has 0 atom stereocenters. The number of carbonyl (C=O) groups is 1. The summed E-state index contributed by atoms with van der Waals surface area (Å²) in [5.74, 6) is 0. The normalized spacial score (nSPS) is 7.93. The van der Waals surface area contributed by atoms with Crippen LogP contribution in [0.4, 0.5) is 4.79 Å². The van der Waals surface area contributed by atoms with Gasteiger partial charge in [-0.2, -0.15) is 0 Å². The van der Waals surface area contributed by atoms with Crippen LogP contribution in [0.5, 0.6) is 0 Å². The molecule has 0 aliphatic rings. The Hall–Kier alpha value is -1.02. The van der Waals surface area contributed by atoms with Gasteiger partial charge in [0.2, 0.25) is 0 Å². The standard InChI is InChI=1S/C9H8N2O2.Na/c10-7-11-9(12)13-6-8-4-2-1-3-5-8;/h1-5H,6H2,(H,11,12);/q;+1/p-1. The minimum atomic E-state index is -0.855. The maximum Gasteiger partial charge on any atom is 1.00 e. The molecule has 5 heteroatoms. The average Bonchev–Trinajstić information content (AvgIpc) is 2.17. The minimum absolute atomic E-state index is 0. The van der Waals surface area contributed by atoms with Crippen molar-refractivity contribution in [2.45, 2.75) is 6.61 Å². The summed E-state index contributed by atoms with van der Waals surface area (Å²) in [7, 11) is 0. The van der Waals surface area contributed by atoms with Crippen molar-refractivity contribution in [1.82, 2.24) is 0 Å². The largest absolute Gasteiger partial charge is 1.00 e. The molecule has 0 N–H and O–H groups in total. The summed E-state index contributed by atoms with van der Waals surface area (Å²) in [4.78, 5) is 10.6. The first-order valence-electron chi connectivity index (χ1n) is 3.63. The van der Waals surface area contributed by atoms with Crippen molar-refractivity contribution in [2.24, 2.45) is 0 Å². The van der Waals surface area contributed by atoms with Crippen LogP contribution in [0.25, 0.3) is 5.32 Å². The molecule has 0 radical (unpaired) electrons. The molecule has 4 nitrogen and oxygen atoms in total. The van der Waals surface area contributed by atoms with Crippen molar-refractivity contribution >= 4 is 6.09 Å². The van der Waals surface area contributed by atoms with E-state index in [2.05, 4.69) is 10.1 Å². The Bertz CT molecular complexity index is 321. The van der Waals surface area contributed by atoms with Gasteiger partial charge in [0.15, 0.2) is 0 Å². The molecule has 0 aliphatic heterocycles. The van der Waals surface area contributed by atoms with E-state index in [1.807, 2.05) is 30.3 Å². The molecule has 0 saturated carbocycles. The van der Waals surface area contributed by atoms with E-state index in [0.29, 0.717) is 0 Å². The van der Waals surface area contributed by atoms with Crippen molar-refractivity contribution in [2.75, 3.05) is 0 Å². The van der Waals surface area contributed by atoms with Crippen molar-refractivity contribution in [3.05, 3.63) is 41.2 Å². The van der Waals surface area contributed by atoms with Gasteiger partial charge in [-0.25, -0.2) is 0 Å². The zero-order valence-corrected chi connectivity index (χ0v) is 9.80. The summed E-state index contributed by atoms with van der Waals surface area (Å²) in [5.41, 5.74) is 0.865. The van der Waals surface area contributed by atoms with Crippen LogP contribution in [0.15, 0.2) is 30.3 Å². The fraction of sp³-hybridized carbons (Fsp3) is 0.111. The van der Waals surface area contributed by atoms with Crippen LogP contribution in [-0.2, 0) is 11.3 Å². The van der Waals surface area contributed by atoms with E-state index in [-0.39, 0.29) is 36.2 Å². The Morgan fingerprint density at radius 3 is 2.64 bits per heavy atom. The van der Waals surface area contributed by atoms with Gasteiger partial charge in [-0.3, -0.25) is 4.79 Å². The molecule has 1 aromatic rings. The third kappa shape index (κ3) is 4.87. The topological polar surface area (TPSA) is 64.2 Å². The summed E-state index contributed by atoms with van der Waals surface area (Å²) in [6.07, 6.45) is 0.499. The van der Waals surface area contributed by atoms with Crippen LogP contribution >= 0.6 is 0 Å². The number of ether oxygens (including phenoxy) is 1. The summed E-state index contributed by atoms with van der Waals surface area (Å²) in [5, 5.41) is 10.9. The predicted molar refractivity (Wildman–Crippen MR) is 45.6 cm³/mol. The van der Waals surface area contributed by atoms with Gasteiger partial charge in [0.1, 0.15) is 6.61 Å². The molecular formula is C9H7N2NaO2. The van der Waals surface area contributed by atoms with E-state index in [1.54, 1.807) is 0 Å². The quantitative estimate of drug-likeness (QED) is 0.460. The number of nitrogens with zero attached hydrogens (tertiary/aromatic N) is 2. The molecule has 1 rings (SSSR count). The number of benzene rings is 1. The zero-order chi connectivity index (χ0) is 9.52. The maximum absolute atomic E-state index is 10.6. The molecule has 1 amide bonds. The first-order valence-corrected chi connectivity index (χ1v) is 3.63. The second kappa shape index (κ2) is 7.39. The molecule has 1 aromatic carbocycles. The van der Waals surface area contributed by atoms with E-state index in [0.717, 1.165) is 5.56 Å². The van der Waals surface area contributed by atoms with Crippen molar-refractivity contribution in [3.8, 4) is 6.19 Å². The first kappa shape index (κ1) is 13.0. The maximum atomic E-state index is 10.6. The van der Waals surface area contributed by atoms with Crippen LogP contribution in [0.3, 0.4) is 0 Å². The monoisotopic (exact) mass is 198 g/mol. The van der Waals surface area contributed by atoms with E-state index in [1.165, 1.54) is 6.19 Å². The molecular weight excluding hydrogens is 191 g/mol. The van der Waals surface area contributed by atoms with E-state index in [9.17, 15) is 4.79 Å². The van der Waals surface area contributed by atoms with Gasteiger partial charge in [0.25, 0.3) is 0 Å². The fourth-order valence-corrected chi connectivity index (χ4v) is 0.792. The minimum Gasteiger partial charge on any atom is -0.493 e. The van der Waals surface area contributed by atoms with Gasteiger partial charge in [-0.1, -0.05) is 36.5 Å². The van der Waals surface area contributed by atoms with Crippen LogP contribution in [-0.4, -0.2) is 6.09 Å². The summed E-state index contributed by atoms with van der Waals surface area (Å²) in [6, 6.07) is 9.18. The van der Waals surface area contributed by atoms with Gasteiger partial charge < -0.3 is 15.3 Å². The molecule has 0 unspecified atom stereocenters. The Kier molecular flexibility index (Phi) is 6.85. The van der Waals surface area contributed by atoms with Crippen molar-refractivity contribution < 1.29 is 39.1 Å². The number of hydrogen-bond acceptors (Lipinski definition) is 3. The van der Waals surface area contributed by atoms with Crippen molar-refractivity contribution in [3.63, 3.8) is 0 Å². The molecule has 0 saturated heterocycles. The van der Waals surface area contributed by atoms with E-state index in [4.69, 9.17) is 5.26 Å². The third-order valence-corrected chi connectivity index (χ3v) is 1.35. The van der Waals surface area contributed by atoms with Crippen LogP contribution in [0.1, 0.15) is 5.56 Å². The smallest absolute Gasteiger partial charge is 0.493 e. The van der Waals surface area contributed by atoms with Crippen molar-refractivity contribution in [1.29, 1.82) is 5.26 Å². The van der Waals surface area contributed by atoms with Gasteiger partial charge >= 0.3 is 35.7 Å². The van der Waals surface area contributed by atoms with Gasteiger partial charge in [-0.15, -0.1) is 0 Å². The molecule has 0 aliphatic carbocycles. The van der Waals surface area contributed by atoms with Crippen LogP contribution in [0, 0.1) is 11.5 Å². The molecule has 0 aromatic heterocycles. The van der Waals surface area contributed by atoms with Gasteiger partial charge in [-0.05, 0) is 5.56 Å². The predicted octanol–water partition coefficient (Wildman–Crippen LogP) is -0.818. The molecule has 0 heterocycles. The van der Waals surface area contributed by atoms with E-state index >= 15 is 0 Å². The summed E-state index contributed by atoms with van der Waals surface area (Å²) < 4.78 is 4.64. The number of amides is 1. The van der Waals surface area contributed by atoms with Crippen LogP contribution < -0.4 is 29.6 Å². The summed E-state index contributed by atoms with van der Waals surface area (Å²) >= 11 is 0. The Morgan fingerprint density at radius 1 is 1.43 bits per heavy atom. The number of hydrogen-bond donors (Lipinski definition) is 0. The SMILES string of the molecule is N#C[N-]C(=O)OCc1ccccc1.[Na+]. The molecule has 0 fully saturated rings. The van der Waals surface area contributed by atoms with Crippen LogP contribution in [0.2, 0.25) is 0 Å². The molecule has 14 heavy (non-hydrogen) atoms. The van der Waals surface area contributed by atoms with Gasteiger partial charge in [0, 0.05) is 0 Å². The second-order valence-corrected chi connectivity index (χ2v) is 2.25. The van der Waals surface area contributed by atoms with E-state index < -0.39 is 6.09 Å². The number of nitriles is 1. The third-order valence-electron chi connectivity index (χ3n) is 1.35. The summed E-state index contributed by atoms with van der Waals surface area (Å²) in [6.45, 7) is 0.144. The average molecular weight is 198 g/mol. The Labute approximate surface area is 104 Å². The van der Waals surface area contributed by atoms with Gasteiger partial charge in [0.05, 0.1) is 0 Å².